The zero-order valence-corrected chi connectivity index (χ0v) is 30.8. The van der Waals surface area contributed by atoms with E-state index in [9.17, 15) is 0 Å². The molecule has 0 atom stereocenters. The molecule has 264 valence electrons. The summed E-state index contributed by atoms with van der Waals surface area (Å²) in [5.74, 6) is 0. The molecule has 0 radical (unpaired) electrons. The number of hydrogen-bond acceptors (Lipinski definition) is 1. The Morgan fingerprint density at radius 3 is 1.43 bits per heavy atom. The second-order valence-corrected chi connectivity index (χ2v) is 14.1. The summed E-state index contributed by atoms with van der Waals surface area (Å²) in [6, 6.07) is 83.1. The van der Waals surface area contributed by atoms with Gasteiger partial charge in [0, 0.05) is 27.7 Å². The van der Waals surface area contributed by atoms with Gasteiger partial charge in [-0.25, -0.2) is 0 Å². The normalized spacial score (nSPS) is 11.2. The van der Waals surface area contributed by atoms with Crippen molar-refractivity contribution in [1.82, 2.24) is 4.57 Å². The third kappa shape index (κ3) is 5.85. The SMILES string of the molecule is c1ccc(-c2ccccc2-c2ccc(N(c3cccc(-c4ccccc4)c3-c3ccccc3)c3cccc4c3c3ccccc3n4-c3ccccc3)cc2)cc1. The summed E-state index contributed by atoms with van der Waals surface area (Å²) in [6.45, 7) is 0. The Morgan fingerprint density at radius 1 is 0.304 bits per heavy atom. The Hall–Kier alpha value is -7.42. The molecular formula is C54H38N2. The van der Waals surface area contributed by atoms with Crippen molar-refractivity contribution in [2.75, 3.05) is 4.90 Å². The van der Waals surface area contributed by atoms with Crippen LogP contribution in [0.3, 0.4) is 0 Å². The lowest BCUT2D eigenvalue weighted by Gasteiger charge is -2.30. The van der Waals surface area contributed by atoms with Crippen molar-refractivity contribution in [3.8, 4) is 50.2 Å². The minimum absolute atomic E-state index is 1.08. The number of benzene rings is 9. The molecule has 0 bridgehead atoms. The monoisotopic (exact) mass is 714 g/mol. The molecule has 10 aromatic rings. The first kappa shape index (κ1) is 33.2. The predicted octanol–water partition coefficient (Wildman–Crippen LogP) is 14.9. The standard InChI is InChI=1S/C54H38N2/c1-5-19-39(20-6-1)45-27-13-14-28-46(45)41-35-37-44(38-36-41)56(50-32-17-30-47(40-21-7-2-8-22-40)53(50)42-23-9-3-10-24-42)52-34-18-33-51-54(52)48-29-15-16-31-49(48)55(51)43-25-11-4-12-26-43/h1-38H. The van der Waals surface area contributed by atoms with Crippen molar-refractivity contribution in [3.05, 3.63) is 231 Å². The van der Waals surface area contributed by atoms with Crippen molar-refractivity contribution in [3.63, 3.8) is 0 Å². The van der Waals surface area contributed by atoms with Gasteiger partial charge in [-0.15, -0.1) is 0 Å². The summed E-state index contributed by atoms with van der Waals surface area (Å²) in [5, 5.41) is 2.41. The van der Waals surface area contributed by atoms with Crippen LogP contribution in [0.1, 0.15) is 0 Å². The molecule has 0 spiro atoms. The molecule has 0 amide bonds. The lowest BCUT2D eigenvalue weighted by atomic mass is 9.91. The van der Waals surface area contributed by atoms with Crippen LogP contribution in [0.2, 0.25) is 0 Å². The Balaban J connectivity index is 1.25. The Labute approximate surface area is 327 Å². The van der Waals surface area contributed by atoms with Gasteiger partial charge in [0.25, 0.3) is 0 Å². The van der Waals surface area contributed by atoms with Gasteiger partial charge in [-0.1, -0.05) is 182 Å². The molecule has 56 heavy (non-hydrogen) atoms. The minimum atomic E-state index is 1.08. The fourth-order valence-corrected chi connectivity index (χ4v) is 8.34. The summed E-state index contributed by atoms with van der Waals surface area (Å²) in [6.07, 6.45) is 0. The highest BCUT2D eigenvalue weighted by atomic mass is 15.2. The van der Waals surface area contributed by atoms with Gasteiger partial charge >= 0.3 is 0 Å². The van der Waals surface area contributed by atoms with E-state index in [2.05, 4.69) is 240 Å². The van der Waals surface area contributed by atoms with E-state index in [1.807, 2.05) is 0 Å². The van der Waals surface area contributed by atoms with Crippen LogP contribution in [-0.2, 0) is 0 Å². The van der Waals surface area contributed by atoms with Crippen molar-refractivity contribution in [1.29, 1.82) is 0 Å². The smallest absolute Gasteiger partial charge is 0.0562 e. The third-order valence-electron chi connectivity index (χ3n) is 10.8. The highest BCUT2D eigenvalue weighted by Gasteiger charge is 2.25. The molecule has 0 aliphatic rings. The summed E-state index contributed by atoms with van der Waals surface area (Å²) in [4.78, 5) is 2.48. The van der Waals surface area contributed by atoms with E-state index in [0.29, 0.717) is 0 Å². The molecule has 10 rings (SSSR count). The van der Waals surface area contributed by atoms with Gasteiger partial charge in [0.15, 0.2) is 0 Å². The molecule has 0 saturated heterocycles. The topological polar surface area (TPSA) is 8.17 Å². The molecular weight excluding hydrogens is 677 g/mol. The lowest BCUT2D eigenvalue weighted by Crippen LogP contribution is -2.12. The number of aromatic nitrogens is 1. The van der Waals surface area contributed by atoms with Gasteiger partial charge in [0.05, 0.1) is 22.4 Å². The first-order valence-electron chi connectivity index (χ1n) is 19.2. The van der Waals surface area contributed by atoms with Gasteiger partial charge in [0.2, 0.25) is 0 Å². The van der Waals surface area contributed by atoms with Crippen LogP contribution in [0.4, 0.5) is 17.1 Å². The lowest BCUT2D eigenvalue weighted by molar-refractivity contribution is 1.18. The molecule has 0 aliphatic carbocycles. The van der Waals surface area contributed by atoms with Crippen LogP contribution in [0.25, 0.3) is 72.0 Å². The largest absolute Gasteiger partial charge is 0.309 e. The number of para-hydroxylation sites is 2. The molecule has 0 fully saturated rings. The number of anilines is 3. The van der Waals surface area contributed by atoms with Crippen molar-refractivity contribution < 1.29 is 0 Å². The van der Waals surface area contributed by atoms with Gasteiger partial charge < -0.3 is 9.47 Å². The molecule has 0 N–H and O–H groups in total. The van der Waals surface area contributed by atoms with E-state index in [0.717, 1.165) is 28.3 Å². The molecule has 1 aromatic heterocycles. The molecule has 0 unspecified atom stereocenters. The fraction of sp³-hybridized carbons (Fsp3) is 0. The summed E-state index contributed by atoms with van der Waals surface area (Å²) >= 11 is 0. The fourth-order valence-electron chi connectivity index (χ4n) is 8.34. The van der Waals surface area contributed by atoms with Crippen LogP contribution in [0.5, 0.6) is 0 Å². The first-order valence-corrected chi connectivity index (χ1v) is 19.2. The number of fused-ring (bicyclic) bond motifs is 3. The molecule has 2 heteroatoms. The Kier molecular flexibility index (Phi) is 8.55. The van der Waals surface area contributed by atoms with E-state index in [4.69, 9.17) is 0 Å². The van der Waals surface area contributed by atoms with Crippen molar-refractivity contribution >= 4 is 38.9 Å². The average molecular weight is 715 g/mol. The highest BCUT2D eigenvalue weighted by molar-refractivity contribution is 6.17. The predicted molar refractivity (Wildman–Crippen MR) is 237 cm³/mol. The number of hydrogen-bond donors (Lipinski definition) is 0. The Bertz CT molecular complexity index is 2930. The average Bonchev–Trinajstić information content (AvgIpc) is 3.63. The molecule has 2 nitrogen and oxygen atoms in total. The molecule has 1 heterocycles. The maximum absolute atomic E-state index is 2.48. The van der Waals surface area contributed by atoms with Crippen LogP contribution < -0.4 is 4.90 Å². The molecule has 9 aromatic carbocycles. The third-order valence-corrected chi connectivity index (χ3v) is 10.8. The maximum Gasteiger partial charge on any atom is 0.0562 e. The highest BCUT2D eigenvalue weighted by Crippen LogP contribution is 2.49. The molecule has 0 saturated carbocycles. The maximum atomic E-state index is 2.48. The van der Waals surface area contributed by atoms with Gasteiger partial charge in [-0.2, -0.15) is 0 Å². The summed E-state index contributed by atoms with van der Waals surface area (Å²) < 4.78 is 2.40. The zero-order valence-electron chi connectivity index (χ0n) is 30.8. The second-order valence-electron chi connectivity index (χ2n) is 14.1. The van der Waals surface area contributed by atoms with E-state index in [1.54, 1.807) is 0 Å². The molecule has 0 aliphatic heterocycles. The van der Waals surface area contributed by atoms with Crippen LogP contribution in [-0.4, -0.2) is 4.57 Å². The van der Waals surface area contributed by atoms with E-state index < -0.39 is 0 Å². The zero-order chi connectivity index (χ0) is 37.3. The van der Waals surface area contributed by atoms with Gasteiger partial charge in [-0.3, -0.25) is 0 Å². The minimum Gasteiger partial charge on any atom is -0.309 e. The quantitative estimate of drug-likeness (QED) is 0.152. The Morgan fingerprint density at radius 2 is 0.768 bits per heavy atom. The summed E-state index contributed by atoms with van der Waals surface area (Å²) in [5.41, 5.74) is 16.3. The van der Waals surface area contributed by atoms with Gasteiger partial charge in [0.1, 0.15) is 0 Å². The van der Waals surface area contributed by atoms with E-state index in [-0.39, 0.29) is 0 Å². The van der Waals surface area contributed by atoms with Crippen LogP contribution in [0, 0.1) is 0 Å². The van der Waals surface area contributed by atoms with E-state index >= 15 is 0 Å². The van der Waals surface area contributed by atoms with Crippen molar-refractivity contribution in [2.24, 2.45) is 0 Å². The van der Waals surface area contributed by atoms with Crippen LogP contribution in [0.15, 0.2) is 231 Å². The summed E-state index contributed by atoms with van der Waals surface area (Å²) in [7, 11) is 0. The number of rotatable bonds is 8. The first-order chi connectivity index (χ1) is 27.8. The van der Waals surface area contributed by atoms with Crippen molar-refractivity contribution in [2.45, 2.75) is 0 Å². The van der Waals surface area contributed by atoms with E-state index in [1.165, 1.54) is 60.8 Å². The van der Waals surface area contributed by atoms with Gasteiger partial charge in [-0.05, 0) is 87.5 Å². The number of nitrogens with zero attached hydrogens (tertiary/aromatic N) is 2. The van der Waals surface area contributed by atoms with Crippen LogP contribution >= 0.6 is 0 Å². The second kappa shape index (κ2) is 14.4.